The van der Waals surface area contributed by atoms with E-state index in [9.17, 15) is 0 Å². The van der Waals surface area contributed by atoms with Crippen molar-refractivity contribution in [3.05, 3.63) is 36.2 Å². The Labute approximate surface area is 124 Å². The van der Waals surface area contributed by atoms with E-state index in [4.69, 9.17) is 9.47 Å². The maximum Gasteiger partial charge on any atom is 0.241 e. The van der Waals surface area contributed by atoms with Crippen LogP contribution in [0, 0.1) is 0 Å². The summed E-state index contributed by atoms with van der Waals surface area (Å²) >= 11 is 0. The Morgan fingerprint density at radius 1 is 1.19 bits per heavy atom. The lowest BCUT2D eigenvalue weighted by Gasteiger charge is -2.20. The zero-order valence-electron chi connectivity index (χ0n) is 12.3. The third-order valence-corrected chi connectivity index (χ3v) is 3.20. The zero-order chi connectivity index (χ0) is 14.7. The third-order valence-electron chi connectivity index (χ3n) is 3.20. The fourth-order valence-corrected chi connectivity index (χ4v) is 2.35. The van der Waals surface area contributed by atoms with Gasteiger partial charge >= 0.3 is 0 Å². The van der Waals surface area contributed by atoms with Gasteiger partial charge in [-0.3, -0.25) is 4.98 Å². The smallest absolute Gasteiger partial charge is 0.241 e. The highest BCUT2D eigenvalue weighted by molar-refractivity contribution is 5.64. The van der Waals surface area contributed by atoms with E-state index in [1.165, 1.54) is 5.56 Å². The molecule has 3 rings (SSSR count). The zero-order valence-corrected chi connectivity index (χ0v) is 12.3. The summed E-state index contributed by atoms with van der Waals surface area (Å²) in [6, 6.07) is 6.07. The first-order valence-corrected chi connectivity index (χ1v) is 7.24. The van der Waals surface area contributed by atoms with E-state index in [2.05, 4.69) is 21.4 Å². The fourth-order valence-electron chi connectivity index (χ4n) is 2.35. The van der Waals surface area contributed by atoms with E-state index in [0.29, 0.717) is 11.8 Å². The molecule has 1 N–H and O–H groups in total. The summed E-state index contributed by atoms with van der Waals surface area (Å²) in [5, 5.41) is 3.39. The lowest BCUT2D eigenvalue weighted by molar-refractivity contribution is 0.229. The molecule has 0 unspecified atom stereocenters. The molecule has 1 aromatic carbocycles. The van der Waals surface area contributed by atoms with Gasteiger partial charge in [0.05, 0.1) is 24.2 Å². The Balaban J connectivity index is 1.84. The number of nitrogens with zero attached hydrogens (tertiary/aromatic N) is 2. The van der Waals surface area contributed by atoms with Crippen molar-refractivity contribution in [2.24, 2.45) is 0 Å². The van der Waals surface area contributed by atoms with Gasteiger partial charge in [-0.15, -0.1) is 0 Å². The molecular weight excluding hydrogens is 266 g/mol. The molecule has 0 radical (unpaired) electrons. The van der Waals surface area contributed by atoms with Crippen molar-refractivity contribution in [2.75, 3.05) is 11.9 Å². The number of ether oxygens (including phenoxy) is 2. The van der Waals surface area contributed by atoms with Crippen LogP contribution >= 0.6 is 0 Å². The number of para-hydroxylation sites is 1. The monoisotopic (exact) mass is 285 g/mol. The van der Waals surface area contributed by atoms with E-state index in [0.717, 1.165) is 30.8 Å². The summed E-state index contributed by atoms with van der Waals surface area (Å²) in [5.74, 6) is 1.69. The van der Waals surface area contributed by atoms with Crippen molar-refractivity contribution in [2.45, 2.75) is 32.8 Å². The molecule has 0 saturated carbocycles. The van der Waals surface area contributed by atoms with Crippen LogP contribution in [-0.2, 0) is 6.42 Å². The number of nitrogens with one attached hydrogen (secondary N) is 1. The summed E-state index contributed by atoms with van der Waals surface area (Å²) in [4.78, 5) is 8.44. The van der Waals surface area contributed by atoms with E-state index in [-0.39, 0.29) is 6.10 Å². The highest BCUT2D eigenvalue weighted by Crippen LogP contribution is 2.34. The minimum absolute atomic E-state index is 0.0562. The van der Waals surface area contributed by atoms with Crippen molar-refractivity contribution < 1.29 is 9.47 Å². The second kappa shape index (κ2) is 5.99. The number of rotatable bonds is 4. The summed E-state index contributed by atoms with van der Waals surface area (Å²) in [5.41, 5.74) is 2.34. The van der Waals surface area contributed by atoms with Crippen LogP contribution in [0.15, 0.2) is 30.6 Å². The van der Waals surface area contributed by atoms with Crippen molar-refractivity contribution in [3.8, 4) is 17.5 Å². The second-order valence-corrected chi connectivity index (χ2v) is 5.28. The number of hydrogen-bond donors (Lipinski definition) is 1. The van der Waals surface area contributed by atoms with Gasteiger partial charge < -0.3 is 14.8 Å². The van der Waals surface area contributed by atoms with Crippen molar-refractivity contribution in [1.82, 2.24) is 9.97 Å². The Bertz CT molecular complexity index is 629. The first-order valence-electron chi connectivity index (χ1n) is 7.24. The molecular formula is C16H19N3O2. The normalized spacial score (nSPS) is 13.5. The summed E-state index contributed by atoms with van der Waals surface area (Å²) in [7, 11) is 0. The van der Waals surface area contributed by atoms with Gasteiger partial charge in [-0.1, -0.05) is 12.1 Å². The molecule has 5 nitrogen and oxygen atoms in total. The van der Waals surface area contributed by atoms with Crippen molar-refractivity contribution in [1.29, 1.82) is 0 Å². The molecule has 5 heteroatoms. The van der Waals surface area contributed by atoms with Crippen molar-refractivity contribution in [3.63, 3.8) is 0 Å². The number of aryl methyl sites for hydroxylation is 1. The number of fused-ring (bicyclic) bond motifs is 1. The van der Waals surface area contributed by atoms with Gasteiger partial charge in [0.1, 0.15) is 0 Å². The van der Waals surface area contributed by atoms with Gasteiger partial charge in [-0.05, 0) is 38.3 Å². The van der Waals surface area contributed by atoms with Crippen LogP contribution in [-0.4, -0.2) is 22.6 Å². The van der Waals surface area contributed by atoms with Crippen molar-refractivity contribution >= 4 is 5.69 Å². The lowest BCUT2D eigenvalue weighted by atomic mass is 10.0. The first-order chi connectivity index (χ1) is 10.2. The first kappa shape index (κ1) is 13.7. The van der Waals surface area contributed by atoms with Gasteiger partial charge in [0, 0.05) is 6.54 Å². The van der Waals surface area contributed by atoms with E-state index in [1.54, 1.807) is 12.4 Å². The highest BCUT2D eigenvalue weighted by atomic mass is 16.5. The summed E-state index contributed by atoms with van der Waals surface area (Å²) < 4.78 is 11.4. The molecule has 21 heavy (non-hydrogen) atoms. The van der Waals surface area contributed by atoms with Crippen LogP contribution < -0.4 is 14.8 Å². The molecule has 0 aliphatic carbocycles. The summed E-state index contributed by atoms with van der Waals surface area (Å²) in [6.45, 7) is 4.87. The second-order valence-electron chi connectivity index (χ2n) is 5.28. The third kappa shape index (κ3) is 3.24. The maximum atomic E-state index is 5.88. The predicted molar refractivity (Wildman–Crippen MR) is 81.1 cm³/mol. The Morgan fingerprint density at radius 2 is 2.05 bits per heavy atom. The predicted octanol–water partition coefficient (Wildman–Crippen LogP) is 3.41. The number of anilines is 1. The highest BCUT2D eigenvalue weighted by Gasteiger charge is 2.14. The van der Waals surface area contributed by atoms with Crippen LogP contribution in [0.3, 0.4) is 0 Å². The van der Waals surface area contributed by atoms with Gasteiger partial charge in [0.15, 0.2) is 5.75 Å². The van der Waals surface area contributed by atoms with Crippen LogP contribution in [0.2, 0.25) is 0 Å². The van der Waals surface area contributed by atoms with Crippen LogP contribution in [0.25, 0.3) is 0 Å². The molecule has 110 valence electrons. The molecule has 0 atom stereocenters. The SMILES string of the molecule is CC(C)Oc1cncc(Oc2cccc3c2NCCC3)n1. The Hall–Kier alpha value is -2.30. The number of hydrogen-bond acceptors (Lipinski definition) is 5. The Morgan fingerprint density at radius 3 is 2.90 bits per heavy atom. The minimum Gasteiger partial charge on any atom is -0.474 e. The molecule has 0 saturated heterocycles. The maximum absolute atomic E-state index is 5.88. The van der Waals surface area contributed by atoms with Gasteiger partial charge in [-0.2, -0.15) is 4.98 Å². The Kier molecular flexibility index (Phi) is 3.90. The quantitative estimate of drug-likeness (QED) is 0.933. The molecule has 2 aromatic rings. The van der Waals surface area contributed by atoms with Crippen LogP contribution in [0.5, 0.6) is 17.5 Å². The molecule has 1 aromatic heterocycles. The standard InChI is InChI=1S/C16H19N3O2/c1-11(2)20-14-9-17-10-15(19-14)21-13-7-3-5-12-6-4-8-18-16(12)13/h3,5,7,9-11,18H,4,6,8H2,1-2H3. The average Bonchev–Trinajstić information content (AvgIpc) is 2.47. The van der Waals surface area contributed by atoms with Gasteiger partial charge in [0.25, 0.3) is 0 Å². The largest absolute Gasteiger partial charge is 0.474 e. The molecule has 2 heterocycles. The topological polar surface area (TPSA) is 56.3 Å². The minimum atomic E-state index is 0.0562. The summed E-state index contributed by atoms with van der Waals surface area (Å²) in [6.07, 6.45) is 5.46. The van der Waals surface area contributed by atoms with Crippen LogP contribution in [0.1, 0.15) is 25.8 Å². The molecule has 1 aliphatic heterocycles. The van der Waals surface area contributed by atoms with Crippen LogP contribution in [0.4, 0.5) is 5.69 Å². The molecule has 0 fully saturated rings. The van der Waals surface area contributed by atoms with Gasteiger partial charge in [0.2, 0.25) is 11.8 Å². The molecule has 0 amide bonds. The van der Waals surface area contributed by atoms with E-state index < -0.39 is 0 Å². The van der Waals surface area contributed by atoms with Gasteiger partial charge in [-0.25, -0.2) is 0 Å². The lowest BCUT2D eigenvalue weighted by Crippen LogP contribution is -2.12. The average molecular weight is 285 g/mol. The molecule has 0 spiro atoms. The number of benzene rings is 1. The van der Waals surface area contributed by atoms with E-state index in [1.807, 2.05) is 26.0 Å². The fraction of sp³-hybridized carbons (Fsp3) is 0.375. The molecule has 0 bridgehead atoms. The molecule has 1 aliphatic rings. The number of aromatic nitrogens is 2. The van der Waals surface area contributed by atoms with E-state index >= 15 is 0 Å².